The van der Waals surface area contributed by atoms with Gasteiger partial charge in [0.25, 0.3) is 0 Å². The van der Waals surface area contributed by atoms with Crippen molar-refractivity contribution in [2.75, 3.05) is 39.8 Å². The van der Waals surface area contributed by atoms with E-state index >= 15 is 0 Å². The van der Waals surface area contributed by atoms with Gasteiger partial charge in [-0.3, -0.25) is 4.90 Å². The van der Waals surface area contributed by atoms with Crippen LogP contribution in [0.4, 0.5) is 0 Å². The molecular formula is C16H27N3O. The van der Waals surface area contributed by atoms with Crippen LogP contribution in [0.1, 0.15) is 25.5 Å². The van der Waals surface area contributed by atoms with E-state index < -0.39 is 0 Å². The number of hydrogen-bond donors (Lipinski definition) is 1. The van der Waals surface area contributed by atoms with Crippen LogP contribution < -0.4 is 10.5 Å². The first-order valence-corrected chi connectivity index (χ1v) is 7.52. The zero-order chi connectivity index (χ0) is 14.5. The van der Waals surface area contributed by atoms with E-state index in [1.54, 1.807) is 0 Å². The van der Waals surface area contributed by atoms with Crippen LogP contribution in [0.25, 0.3) is 0 Å². The highest BCUT2D eigenvalue weighted by Crippen LogP contribution is 2.25. The number of nitrogens with zero attached hydrogens (tertiary/aromatic N) is 2. The molecule has 4 nitrogen and oxygen atoms in total. The summed E-state index contributed by atoms with van der Waals surface area (Å²) in [6, 6.07) is 9.21. The van der Waals surface area contributed by atoms with Gasteiger partial charge in [-0.2, -0.15) is 0 Å². The molecule has 0 aromatic heterocycles. The van der Waals surface area contributed by atoms with Gasteiger partial charge in [0.1, 0.15) is 5.75 Å². The lowest BCUT2D eigenvalue weighted by molar-refractivity contribution is 0.0740. The largest absolute Gasteiger partial charge is 0.494 e. The van der Waals surface area contributed by atoms with Gasteiger partial charge in [0.2, 0.25) is 0 Å². The average molecular weight is 277 g/mol. The number of likely N-dealkylation sites (N-methyl/N-ethyl adjacent to an activating group) is 1. The number of nitrogens with two attached hydrogens (primary N) is 1. The van der Waals surface area contributed by atoms with E-state index in [9.17, 15) is 0 Å². The molecule has 0 radical (unpaired) electrons. The van der Waals surface area contributed by atoms with Crippen LogP contribution in [0.15, 0.2) is 24.3 Å². The summed E-state index contributed by atoms with van der Waals surface area (Å²) in [5.41, 5.74) is 7.30. The molecule has 1 aromatic carbocycles. The molecule has 4 heteroatoms. The van der Waals surface area contributed by atoms with E-state index in [1.165, 1.54) is 5.56 Å². The van der Waals surface area contributed by atoms with Crippen molar-refractivity contribution in [3.05, 3.63) is 29.8 Å². The van der Waals surface area contributed by atoms with Gasteiger partial charge in [0, 0.05) is 38.3 Å². The Morgan fingerprint density at radius 3 is 2.85 bits per heavy atom. The van der Waals surface area contributed by atoms with Crippen molar-refractivity contribution < 1.29 is 4.74 Å². The summed E-state index contributed by atoms with van der Waals surface area (Å²) < 4.78 is 5.60. The number of benzene rings is 1. The Labute approximate surface area is 122 Å². The molecule has 1 aromatic rings. The minimum atomic E-state index is 0.284. The minimum Gasteiger partial charge on any atom is -0.494 e. The Balaban J connectivity index is 2.13. The summed E-state index contributed by atoms with van der Waals surface area (Å²) in [5.74, 6) is 0.936. The maximum atomic E-state index is 6.04. The fraction of sp³-hybridized carbons (Fsp3) is 0.625. The van der Waals surface area contributed by atoms with Crippen molar-refractivity contribution in [3.8, 4) is 5.75 Å². The summed E-state index contributed by atoms with van der Waals surface area (Å²) in [6.45, 7) is 8.86. The molecule has 0 bridgehead atoms. The molecule has 0 amide bonds. The highest BCUT2D eigenvalue weighted by Gasteiger charge is 2.26. The zero-order valence-electron chi connectivity index (χ0n) is 12.9. The molecule has 1 fully saturated rings. The summed E-state index contributed by atoms with van der Waals surface area (Å²) in [4.78, 5) is 4.90. The van der Waals surface area contributed by atoms with E-state index in [2.05, 4.69) is 42.0 Å². The number of ether oxygens (including phenoxy) is 1. The van der Waals surface area contributed by atoms with Crippen molar-refractivity contribution in [3.63, 3.8) is 0 Å². The first-order chi connectivity index (χ1) is 9.65. The molecule has 1 saturated heterocycles. The molecule has 0 saturated carbocycles. The van der Waals surface area contributed by atoms with Gasteiger partial charge in [-0.25, -0.2) is 0 Å². The van der Waals surface area contributed by atoms with Crippen molar-refractivity contribution in [2.24, 2.45) is 5.73 Å². The molecule has 2 unspecified atom stereocenters. The zero-order valence-corrected chi connectivity index (χ0v) is 12.9. The third kappa shape index (κ3) is 3.51. The van der Waals surface area contributed by atoms with E-state index in [0.717, 1.165) is 25.4 Å². The van der Waals surface area contributed by atoms with Gasteiger partial charge >= 0.3 is 0 Å². The van der Waals surface area contributed by atoms with Gasteiger partial charge in [-0.1, -0.05) is 12.1 Å². The molecule has 0 aliphatic carbocycles. The fourth-order valence-corrected chi connectivity index (χ4v) is 2.83. The Hall–Kier alpha value is -1.10. The monoisotopic (exact) mass is 277 g/mol. The Morgan fingerprint density at radius 2 is 2.20 bits per heavy atom. The molecule has 2 rings (SSSR count). The predicted octanol–water partition coefficient (Wildman–Crippen LogP) is 1.72. The lowest BCUT2D eigenvalue weighted by Gasteiger charge is -2.41. The quantitative estimate of drug-likeness (QED) is 0.890. The van der Waals surface area contributed by atoms with E-state index in [0.29, 0.717) is 19.2 Å². The van der Waals surface area contributed by atoms with Crippen molar-refractivity contribution in [2.45, 2.75) is 25.9 Å². The first kappa shape index (κ1) is 15.3. The summed E-state index contributed by atoms with van der Waals surface area (Å²) in [6.07, 6.45) is 0. The van der Waals surface area contributed by atoms with Gasteiger partial charge in [-0.05, 0) is 38.6 Å². The van der Waals surface area contributed by atoms with Crippen LogP contribution in [0, 0.1) is 0 Å². The van der Waals surface area contributed by atoms with Crippen molar-refractivity contribution in [1.29, 1.82) is 0 Å². The number of piperazine rings is 1. The lowest BCUT2D eigenvalue weighted by atomic mass is 10.0. The highest BCUT2D eigenvalue weighted by molar-refractivity contribution is 5.31. The molecule has 2 N–H and O–H groups in total. The van der Waals surface area contributed by atoms with E-state index in [1.807, 2.05) is 13.0 Å². The molecule has 0 spiro atoms. The Kier molecular flexibility index (Phi) is 5.40. The SMILES string of the molecule is CCOc1cccc(C(CN)N2CCN(C)C(C)C2)c1. The van der Waals surface area contributed by atoms with Crippen molar-refractivity contribution in [1.82, 2.24) is 9.80 Å². The van der Waals surface area contributed by atoms with E-state index in [4.69, 9.17) is 10.5 Å². The van der Waals surface area contributed by atoms with Crippen molar-refractivity contribution >= 4 is 0 Å². The predicted molar refractivity (Wildman–Crippen MR) is 83.1 cm³/mol. The van der Waals surface area contributed by atoms with Gasteiger partial charge in [0.15, 0.2) is 0 Å². The maximum absolute atomic E-state index is 6.04. The standard InChI is InChI=1S/C16H27N3O/c1-4-20-15-7-5-6-14(10-15)16(11-17)19-9-8-18(3)13(2)12-19/h5-7,10,13,16H,4,8-9,11-12,17H2,1-3H3. The van der Waals surface area contributed by atoms with Crippen LogP contribution in [0.3, 0.4) is 0 Å². The first-order valence-electron chi connectivity index (χ1n) is 7.52. The third-order valence-corrected chi connectivity index (χ3v) is 4.21. The average Bonchev–Trinajstić information content (AvgIpc) is 2.44. The fourth-order valence-electron chi connectivity index (χ4n) is 2.83. The maximum Gasteiger partial charge on any atom is 0.119 e. The van der Waals surface area contributed by atoms with Crippen LogP contribution in [0.2, 0.25) is 0 Å². The molecule has 1 aliphatic heterocycles. The summed E-state index contributed by atoms with van der Waals surface area (Å²) >= 11 is 0. The smallest absolute Gasteiger partial charge is 0.119 e. The second kappa shape index (κ2) is 7.07. The molecular weight excluding hydrogens is 250 g/mol. The molecule has 1 heterocycles. The lowest BCUT2D eigenvalue weighted by Crippen LogP contribution is -2.52. The minimum absolute atomic E-state index is 0.284. The van der Waals surface area contributed by atoms with Crippen LogP contribution >= 0.6 is 0 Å². The van der Waals surface area contributed by atoms with E-state index in [-0.39, 0.29) is 6.04 Å². The topological polar surface area (TPSA) is 41.7 Å². The van der Waals surface area contributed by atoms with Crippen LogP contribution in [-0.4, -0.2) is 55.7 Å². The molecule has 20 heavy (non-hydrogen) atoms. The van der Waals surface area contributed by atoms with Gasteiger partial charge in [0.05, 0.1) is 6.61 Å². The third-order valence-electron chi connectivity index (χ3n) is 4.21. The summed E-state index contributed by atoms with van der Waals surface area (Å²) in [7, 11) is 2.19. The Bertz CT molecular complexity index is 424. The van der Waals surface area contributed by atoms with Crippen LogP contribution in [0.5, 0.6) is 5.75 Å². The second-order valence-electron chi connectivity index (χ2n) is 5.58. The van der Waals surface area contributed by atoms with Gasteiger partial charge < -0.3 is 15.4 Å². The molecule has 1 aliphatic rings. The highest BCUT2D eigenvalue weighted by atomic mass is 16.5. The normalized spacial score (nSPS) is 22.7. The summed E-state index contributed by atoms with van der Waals surface area (Å²) in [5, 5.41) is 0. The van der Waals surface area contributed by atoms with Crippen LogP contribution in [-0.2, 0) is 0 Å². The van der Waals surface area contributed by atoms with Gasteiger partial charge in [-0.15, -0.1) is 0 Å². The molecule has 112 valence electrons. The molecule has 2 atom stereocenters. The Morgan fingerprint density at radius 1 is 1.40 bits per heavy atom. The number of hydrogen-bond acceptors (Lipinski definition) is 4. The number of rotatable bonds is 5. The second-order valence-corrected chi connectivity index (χ2v) is 5.58.